The number of benzene rings is 1. The molecule has 0 bridgehead atoms. The molecule has 0 fully saturated rings. The van der Waals surface area contributed by atoms with Crippen molar-refractivity contribution in [2.24, 2.45) is 11.7 Å². The summed E-state index contributed by atoms with van der Waals surface area (Å²) in [5, 5.41) is 3.98. The smallest absolute Gasteiger partial charge is 0.243 e. The Morgan fingerprint density at radius 1 is 1.28 bits per heavy atom. The van der Waals surface area contributed by atoms with Gasteiger partial charge in [0.2, 0.25) is 5.89 Å². The van der Waals surface area contributed by atoms with Crippen molar-refractivity contribution in [3.05, 3.63) is 47.6 Å². The summed E-state index contributed by atoms with van der Waals surface area (Å²) in [6, 6.07) is 9.91. The molecule has 0 aliphatic rings. The van der Waals surface area contributed by atoms with Crippen LogP contribution in [0.2, 0.25) is 0 Å². The van der Waals surface area contributed by atoms with E-state index in [9.17, 15) is 0 Å². The molecular formula is C14H19N3O. The van der Waals surface area contributed by atoms with Gasteiger partial charge >= 0.3 is 0 Å². The molecule has 1 aromatic carbocycles. The number of rotatable bonds is 5. The van der Waals surface area contributed by atoms with Crippen LogP contribution in [-0.4, -0.2) is 10.1 Å². The molecule has 96 valence electrons. The first-order chi connectivity index (χ1) is 8.70. The van der Waals surface area contributed by atoms with Crippen LogP contribution < -0.4 is 5.73 Å². The van der Waals surface area contributed by atoms with Gasteiger partial charge in [0, 0.05) is 6.42 Å². The van der Waals surface area contributed by atoms with Gasteiger partial charge in [0.25, 0.3) is 0 Å². The highest BCUT2D eigenvalue weighted by Crippen LogP contribution is 2.20. The molecule has 4 nitrogen and oxygen atoms in total. The predicted octanol–water partition coefficient (Wildman–Crippen LogP) is 2.71. The first-order valence-electron chi connectivity index (χ1n) is 6.32. The van der Waals surface area contributed by atoms with Gasteiger partial charge in [0.15, 0.2) is 5.82 Å². The average Bonchev–Trinajstić information content (AvgIpc) is 2.86. The quantitative estimate of drug-likeness (QED) is 0.879. The minimum Gasteiger partial charge on any atom is -0.338 e. The lowest BCUT2D eigenvalue weighted by Gasteiger charge is -2.12. The third-order valence-corrected chi connectivity index (χ3v) is 3.23. The Kier molecular flexibility index (Phi) is 4.10. The average molecular weight is 245 g/mol. The van der Waals surface area contributed by atoms with Crippen molar-refractivity contribution < 1.29 is 4.52 Å². The Balaban J connectivity index is 2.07. The van der Waals surface area contributed by atoms with Gasteiger partial charge in [-0.2, -0.15) is 4.98 Å². The fraction of sp³-hybridized carbons (Fsp3) is 0.429. The molecule has 0 spiro atoms. The van der Waals surface area contributed by atoms with Crippen molar-refractivity contribution in [2.45, 2.75) is 32.7 Å². The maximum Gasteiger partial charge on any atom is 0.243 e. The molecule has 1 aromatic heterocycles. The monoisotopic (exact) mass is 245 g/mol. The van der Waals surface area contributed by atoms with Gasteiger partial charge in [-0.15, -0.1) is 0 Å². The van der Waals surface area contributed by atoms with Crippen LogP contribution >= 0.6 is 0 Å². The fourth-order valence-corrected chi connectivity index (χ4v) is 1.75. The van der Waals surface area contributed by atoms with Crippen LogP contribution in [0.4, 0.5) is 0 Å². The molecule has 2 atom stereocenters. The zero-order valence-electron chi connectivity index (χ0n) is 10.8. The summed E-state index contributed by atoms with van der Waals surface area (Å²) < 4.78 is 5.24. The molecule has 2 N–H and O–H groups in total. The Hall–Kier alpha value is -1.68. The van der Waals surface area contributed by atoms with Gasteiger partial charge in [0.05, 0.1) is 6.04 Å². The van der Waals surface area contributed by atoms with E-state index in [0.29, 0.717) is 24.1 Å². The van der Waals surface area contributed by atoms with Crippen molar-refractivity contribution in [3.8, 4) is 0 Å². The second-order valence-electron chi connectivity index (χ2n) is 4.62. The highest BCUT2D eigenvalue weighted by atomic mass is 16.5. The predicted molar refractivity (Wildman–Crippen MR) is 69.9 cm³/mol. The highest BCUT2D eigenvalue weighted by Gasteiger charge is 2.19. The molecule has 0 aliphatic carbocycles. The van der Waals surface area contributed by atoms with Crippen molar-refractivity contribution >= 4 is 0 Å². The summed E-state index contributed by atoms with van der Waals surface area (Å²) in [4.78, 5) is 4.37. The largest absolute Gasteiger partial charge is 0.338 e. The fourth-order valence-electron chi connectivity index (χ4n) is 1.75. The van der Waals surface area contributed by atoms with Crippen molar-refractivity contribution in [1.82, 2.24) is 10.1 Å². The van der Waals surface area contributed by atoms with Crippen LogP contribution in [-0.2, 0) is 6.42 Å². The zero-order chi connectivity index (χ0) is 13.0. The molecule has 0 saturated carbocycles. The lowest BCUT2D eigenvalue weighted by atomic mass is 10.0. The second-order valence-corrected chi connectivity index (χ2v) is 4.62. The molecule has 2 rings (SSSR count). The van der Waals surface area contributed by atoms with Crippen LogP contribution in [0.25, 0.3) is 0 Å². The van der Waals surface area contributed by atoms with E-state index in [0.717, 1.165) is 6.42 Å². The van der Waals surface area contributed by atoms with E-state index in [2.05, 4.69) is 24.0 Å². The Labute approximate surface area is 107 Å². The summed E-state index contributed by atoms with van der Waals surface area (Å²) in [6.07, 6.45) is 1.68. The molecule has 0 amide bonds. The standard InChI is InChI=1S/C14H19N3O/c1-3-10(2)13(15)14-16-12(17-18-14)9-11-7-5-4-6-8-11/h4-8,10,13H,3,9,15H2,1-2H3. The van der Waals surface area contributed by atoms with E-state index < -0.39 is 0 Å². The van der Waals surface area contributed by atoms with Crippen molar-refractivity contribution in [3.63, 3.8) is 0 Å². The van der Waals surface area contributed by atoms with Crippen LogP contribution in [0, 0.1) is 5.92 Å². The normalized spacial score (nSPS) is 14.4. The topological polar surface area (TPSA) is 64.9 Å². The Morgan fingerprint density at radius 3 is 2.67 bits per heavy atom. The number of hydrogen-bond donors (Lipinski definition) is 1. The van der Waals surface area contributed by atoms with Crippen molar-refractivity contribution in [2.75, 3.05) is 0 Å². The van der Waals surface area contributed by atoms with E-state index in [4.69, 9.17) is 10.3 Å². The number of nitrogens with two attached hydrogens (primary N) is 1. The summed E-state index contributed by atoms with van der Waals surface area (Å²) in [6.45, 7) is 4.19. The minimum absolute atomic E-state index is 0.174. The SMILES string of the molecule is CCC(C)C(N)c1nc(Cc2ccccc2)no1. The maximum atomic E-state index is 6.06. The number of hydrogen-bond acceptors (Lipinski definition) is 4. The van der Waals surface area contributed by atoms with Crippen molar-refractivity contribution in [1.29, 1.82) is 0 Å². The summed E-state index contributed by atoms with van der Waals surface area (Å²) in [7, 11) is 0. The van der Waals surface area contributed by atoms with Gasteiger partial charge < -0.3 is 10.3 Å². The van der Waals surface area contributed by atoms with E-state index in [1.54, 1.807) is 0 Å². The van der Waals surface area contributed by atoms with Crippen LogP contribution in [0.5, 0.6) is 0 Å². The number of aromatic nitrogens is 2. The summed E-state index contributed by atoms with van der Waals surface area (Å²) >= 11 is 0. The molecule has 0 aliphatic heterocycles. The second kappa shape index (κ2) is 5.78. The molecule has 1 heterocycles. The van der Waals surface area contributed by atoms with Gasteiger partial charge in [-0.05, 0) is 11.5 Å². The lowest BCUT2D eigenvalue weighted by Crippen LogP contribution is -2.18. The molecule has 0 radical (unpaired) electrons. The molecule has 2 unspecified atom stereocenters. The first-order valence-corrected chi connectivity index (χ1v) is 6.32. The molecule has 4 heteroatoms. The Morgan fingerprint density at radius 2 is 2.00 bits per heavy atom. The molecule has 2 aromatic rings. The summed E-state index contributed by atoms with van der Waals surface area (Å²) in [5.74, 6) is 1.57. The van der Waals surface area contributed by atoms with Gasteiger partial charge in [0.1, 0.15) is 0 Å². The summed E-state index contributed by atoms with van der Waals surface area (Å²) in [5.41, 5.74) is 7.23. The third-order valence-electron chi connectivity index (χ3n) is 3.23. The zero-order valence-corrected chi connectivity index (χ0v) is 10.8. The van der Waals surface area contributed by atoms with Gasteiger partial charge in [-0.1, -0.05) is 55.8 Å². The van der Waals surface area contributed by atoms with E-state index in [1.807, 2.05) is 30.3 Å². The van der Waals surface area contributed by atoms with Gasteiger partial charge in [-0.25, -0.2) is 0 Å². The van der Waals surface area contributed by atoms with Crippen LogP contribution in [0.1, 0.15) is 43.6 Å². The van der Waals surface area contributed by atoms with Gasteiger partial charge in [-0.3, -0.25) is 0 Å². The first kappa shape index (κ1) is 12.8. The Bertz CT molecular complexity index is 481. The maximum absolute atomic E-state index is 6.06. The molecular weight excluding hydrogens is 226 g/mol. The number of nitrogens with zero attached hydrogens (tertiary/aromatic N) is 2. The van der Waals surface area contributed by atoms with E-state index in [-0.39, 0.29) is 6.04 Å². The minimum atomic E-state index is -0.174. The van der Waals surface area contributed by atoms with Crippen LogP contribution in [0.15, 0.2) is 34.9 Å². The lowest BCUT2D eigenvalue weighted by molar-refractivity contribution is 0.310. The highest BCUT2D eigenvalue weighted by molar-refractivity contribution is 5.18. The molecule has 0 saturated heterocycles. The van der Waals surface area contributed by atoms with E-state index >= 15 is 0 Å². The van der Waals surface area contributed by atoms with E-state index in [1.165, 1.54) is 5.56 Å². The van der Waals surface area contributed by atoms with Crippen LogP contribution in [0.3, 0.4) is 0 Å². The third kappa shape index (κ3) is 2.96. The molecule has 18 heavy (non-hydrogen) atoms.